The highest BCUT2D eigenvalue weighted by atomic mass is 35.5. The number of H-pyrrole nitrogens is 1. The van der Waals surface area contributed by atoms with E-state index in [2.05, 4.69) is 22.4 Å². The molecule has 2 aromatic heterocycles. The number of rotatable bonds is 9. The summed E-state index contributed by atoms with van der Waals surface area (Å²) in [5, 5.41) is 10.6. The highest BCUT2D eigenvalue weighted by Crippen LogP contribution is 2.32. The van der Waals surface area contributed by atoms with Crippen molar-refractivity contribution < 1.29 is 9.63 Å². The third-order valence-corrected chi connectivity index (χ3v) is 4.98. The molecule has 11 heteroatoms. The molecule has 0 fully saturated rings. The Labute approximate surface area is 172 Å². The van der Waals surface area contributed by atoms with E-state index >= 15 is 0 Å². The van der Waals surface area contributed by atoms with E-state index in [0.717, 1.165) is 29.9 Å². The number of unbranched alkanes of at least 4 members (excludes halogenated alkanes) is 2. The van der Waals surface area contributed by atoms with Crippen LogP contribution < -0.4 is 21.6 Å². The monoisotopic (exact) mass is 424 g/mol. The molecule has 1 aliphatic heterocycles. The van der Waals surface area contributed by atoms with Crippen LogP contribution in [-0.4, -0.2) is 30.9 Å². The Hall–Kier alpha value is -2.75. The fraction of sp³-hybridized carbons (Fsp3) is 0.556. The van der Waals surface area contributed by atoms with E-state index in [1.807, 2.05) is 0 Å². The van der Waals surface area contributed by atoms with Gasteiger partial charge in [-0.2, -0.15) is 5.10 Å². The number of aryl methyl sites for hydroxylation is 1. The summed E-state index contributed by atoms with van der Waals surface area (Å²) in [6.45, 7) is 3.94. The fourth-order valence-electron chi connectivity index (χ4n) is 3.33. The van der Waals surface area contributed by atoms with Crippen LogP contribution in [0.1, 0.15) is 45.1 Å². The third-order valence-electron chi connectivity index (χ3n) is 4.69. The van der Waals surface area contributed by atoms with Crippen molar-refractivity contribution in [1.29, 1.82) is 0 Å². The molecule has 0 bridgehead atoms. The highest BCUT2D eigenvalue weighted by molar-refractivity contribution is 6.23. The lowest BCUT2D eigenvalue weighted by Gasteiger charge is -2.22. The molecular weight excluding hydrogens is 400 g/mol. The summed E-state index contributed by atoms with van der Waals surface area (Å²) in [4.78, 5) is 42.8. The average Bonchev–Trinajstić information content (AvgIpc) is 3.30. The zero-order valence-electron chi connectivity index (χ0n) is 16.5. The van der Waals surface area contributed by atoms with Gasteiger partial charge in [0.2, 0.25) is 5.62 Å². The first-order chi connectivity index (χ1) is 13.9. The molecule has 10 nitrogen and oxygen atoms in total. The smallest absolute Gasteiger partial charge is 0.332 e. The molecule has 1 aliphatic rings. The molecule has 0 amide bonds. The number of alkyl halides is 1. The number of hydrogen-bond donors (Lipinski definition) is 2. The van der Waals surface area contributed by atoms with Gasteiger partial charge < -0.3 is 10.2 Å². The molecule has 0 aliphatic carbocycles. The molecule has 3 rings (SSSR count). The molecule has 0 aromatic carbocycles. The summed E-state index contributed by atoms with van der Waals surface area (Å²) in [6.07, 6.45) is 7.42. The van der Waals surface area contributed by atoms with Gasteiger partial charge >= 0.3 is 11.7 Å². The molecule has 1 unspecified atom stereocenters. The van der Waals surface area contributed by atoms with Gasteiger partial charge in [-0.25, -0.2) is 4.79 Å². The van der Waals surface area contributed by atoms with Gasteiger partial charge in [-0.1, -0.05) is 31.4 Å². The summed E-state index contributed by atoms with van der Waals surface area (Å²) in [5.74, 6) is -0.403. The Kier molecular flexibility index (Phi) is 6.63. The largest absolute Gasteiger partial charge is 0.343 e. The van der Waals surface area contributed by atoms with E-state index in [0.29, 0.717) is 19.4 Å². The number of halogens is 1. The summed E-state index contributed by atoms with van der Waals surface area (Å²) >= 11 is 6.23. The molecule has 1 atom stereocenters. The van der Waals surface area contributed by atoms with Crippen molar-refractivity contribution in [2.75, 3.05) is 10.4 Å². The molecule has 0 saturated heterocycles. The van der Waals surface area contributed by atoms with Crippen molar-refractivity contribution in [1.82, 2.24) is 19.3 Å². The Morgan fingerprint density at radius 1 is 1.24 bits per heavy atom. The van der Waals surface area contributed by atoms with Crippen molar-refractivity contribution in [2.24, 2.45) is 0 Å². The second-order valence-corrected chi connectivity index (χ2v) is 7.31. The van der Waals surface area contributed by atoms with Crippen LogP contribution in [0.2, 0.25) is 0 Å². The number of anilines is 2. The van der Waals surface area contributed by atoms with Gasteiger partial charge in [0.15, 0.2) is 5.82 Å². The van der Waals surface area contributed by atoms with E-state index < -0.39 is 22.8 Å². The number of carbonyl (C=O) groups excluding carboxylic acids is 1. The number of aromatic nitrogens is 4. The minimum atomic E-state index is -0.972. The van der Waals surface area contributed by atoms with Crippen LogP contribution in [0.25, 0.3) is 0 Å². The van der Waals surface area contributed by atoms with Crippen molar-refractivity contribution in [3.8, 4) is 0 Å². The van der Waals surface area contributed by atoms with E-state index in [4.69, 9.17) is 16.4 Å². The predicted molar refractivity (Wildman–Crippen MR) is 109 cm³/mol. The number of carbonyl (C=O) groups is 1. The SMILES string of the molecule is CCCCCn1c2c(c(=O)n(CCCc3cn[nH]c3)c1=O)NC(Cl)N2OC(C)=O. The number of aromatic amines is 1. The third kappa shape index (κ3) is 4.47. The van der Waals surface area contributed by atoms with E-state index in [9.17, 15) is 14.4 Å². The van der Waals surface area contributed by atoms with Crippen molar-refractivity contribution >= 4 is 29.1 Å². The topological polar surface area (TPSA) is 114 Å². The summed E-state index contributed by atoms with van der Waals surface area (Å²) in [5.41, 5.74) is -0.737. The van der Waals surface area contributed by atoms with Crippen molar-refractivity contribution in [3.05, 3.63) is 38.8 Å². The maximum absolute atomic E-state index is 13.1. The van der Waals surface area contributed by atoms with Gasteiger partial charge in [-0.3, -0.25) is 23.8 Å². The lowest BCUT2D eigenvalue weighted by molar-refractivity contribution is -0.142. The molecule has 3 heterocycles. The van der Waals surface area contributed by atoms with Crippen LogP contribution in [0.5, 0.6) is 0 Å². The van der Waals surface area contributed by atoms with Crippen LogP contribution in [-0.2, 0) is 29.1 Å². The lowest BCUT2D eigenvalue weighted by atomic mass is 10.2. The Morgan fingerprint density at radius 2 is 2.00 bits per heavy atom. The molecule has 2 aromatic rings. The first kappa shape index (κ1) is 21.0. The Balaban J connectivity index is 1.97. The van der Waals surface area contributed by atoms with E-state index in [1.165, 1.54) is 16.1 Å². The Bertz CT molecular complexity index is 968. The zero-order valence-corrected chi connectivity index (χ0v) is 17.2. The number of hydrogen-bond acceptors (Lipinski definition) is 7. The average molecular weight is 425 g/mol. The van der Waals surface area contributed by atoms with E-state index in [1.54, 1.807) is 12.4 Å². The van der Waals surface area contributed by atoms with Gasteiger partial charge in [-0.15, -0.1) is 5.06 Å². The van der Waals surface area contributed by atoms with Gasteiger partial charge in [-0.05, 0) is 24.8 Å². The normalized spacial score (nSPS) is 15.3. The molecule has 0 spiro atoms. The standard InChI is InChI=1S/C18H25ClN6O4/c1-3-4-5-8-23-15-14(22-17(19)25(15)29-12(2)26)16(27)24(18(23)28)9-6-7-13-10-20-21-11-13/h10-11,17,22H,3-9H2,1-2H3,(H,20,21). The molecule has 29 heavy (non-hydrogen) atoms. The maximum Gasteiger partial charge on any atom is 0.332 e. The lowest BCUT2D eigenvalue weighted by Crippen LogP contribution is -2.42. The van der Waals surface area contributed by atoms with Crippen LogP contribution in [0, 0.1) is 0 Å². The molecule has 0 saturated carbocycles. The second kappa shape index (κ2) is 9.17. The van der Waals surface area contributed by atoms with Gasteiger partial charge in [0, 0.05) is 26.2 Å². The first-order valence-corrected chi connectivity index (χ1v) is 10.1. The second-order valence-electron chi connectivity index (χ2n) is 6.90. The maximum atomic E-state index is 13.1. The first-order valence-electron chi connectivity index (χ1n) is 9.67. The minimum Gasteiger partial charge on any atom is -0.343 e. The summed E-state index contributed by atoms with van der Waals surface area (Å²) < 4.78 is 2.67. The molecule has 0 radical (unpaired) electrons. The predicted octanol–water partition coefficient (Wildman–Crippen LogP) is 1.79. The van der Waals surface area contributed by atoms with Gasteiger partial charge in [0.25, 0.3) is 5.56 Å². The van der Waals surface area contributed by atoms with Gasteiger partial charge in [0.05, 0.1) is 6.20 Å². The van der Waals surface area contributed by atoms with Crippen molar-refractivity contribution in [3.63, 3.8) is 0 Å². The number of nitrogens with one attached hydrogen (secondary N) is 2. The highest BCUT2D eigenvalue weighted by Gasteiger charge is 2.36. The quantitative estimate of drug-likeness (QED) is 0.358. The van der Waals surface area contributed by atoms with Crippen molar-refractivity contribution in [2.45, 2.75) is 64.7 Å². The minimum absolute atomic E-state index is 0.158. The number of fused-ring (bicyclic) bond motifs is 1. The van der Waals surface area contributed by atoms with Crippen LogP contribution in [0.3, 0.4) is 0 Å². The summed E-state index contributed by atoms with van der Waals surface area (Å²) in [6, 6.07) is 0. The summed E-state index contributed by atoms with van der Waals surface area (Å²) in [7, 11) is 0. The van der Waals surface area contributed by atoms with Crippen LogP contribution in [0.15, 0.2) is 22.0 Å². The van der Waals surface area contributed by atoms with Gasteiger partial charge in [0.1, 0.15) is 5.69 Å². The molecule has 158 valence electrons. The number of nitrogens with zero attached hydrogens (tertiary/aromatic N) is 4. The molecular formula is C18H25ClN6O4. The Morgan fingerprint density at radius 3 is 2.66 bits per heavy atom. The van der Waals surface area contributed by atoms with Crippen LogP contribution in [0.4, 0.5) is 11.5 Å². The van der Waals surface area contributed by atoms with E-state index in [-0.39, 0.29) is 18.1 Å². The molecule has 2 N–H and O–H groups in total. The number of hydroxylamine groups is 1. The fourth-order valence-corrected chi connectivity index (χ4v) is 3.57. The zero-order chi connectivity index (χ0) is 21.0. The van der Waals surface area contributed by atoms with Crippen LogP contribution >= 0.6 is 11.6 Å².